The molecule has 1 aliphatic rings. The molecule has 0 spiro atoms. The number of nitrogens with zero attached hydrogens (tertiary/aromatic N) is 4. The van der Waals surface area contributed by atoms with Crippen LogP contribution in [0.2, 0.25) is 0 Å². The third-order valence-electron chi connectivity index (χ3n) is 1.98. The van der Waals surface area contributed by atoms with Crippen LogP contribution in [0, 0.1) is 0 Å². The topological polar surface area (TPSA) is 60.0 Å². The number of fused-ring (bicyclic) bond motifs is 1. The molecule has 0 fully saturated rings. The maximum absolute atomic E-state index is 5.49. The average molecular weight is 153 g/mol. The molecule has 1 aliphatic heterocycles. The van der Waals surface area contributed by atoms with Gasteiger partial charge in [-0.1, -0.05) is 5.21 Å². The van der Waals surface area contributed by atoms with Crippen LogP contribution in [0.3, 0.4) is 0 Å². The second kappa shape index (κ2) is 2.20. The van der Waals surface area contributed by atoms with Gasteiger partial charge in [0, 0.05) is 20.1 Å². The van der Waals surface area contributed by atoms with E-state index in [0.717, 1.165) is 24.6 Å². The molecule has 60 valence electrons. The number of hydrogen-bond donors (Lipinski definition) is 1. The van der Waals surface area contributed by atoms with Gasteiger partial charge in [0.25, 0.3) is 0 Å². The average Bonchev–Trinajstić information content (AvgIpc) is 2.54. The van der Waals surface area contributed by atoms with Crippen molar-refractivity contribution >= 4 is 5.82 Å². The molecule has 2 heterocycles. The second-order valence-corrected chi connectivity index (χ2v) is 2.71. The number of nitrogens with two attached hydrogens (primary N) is 1. The summed E-state index contributed by atoms with van der Waals surface area (Å²) in [6.45, 7) is 2.41. The first-order chi connectivity index (χ1) is 5.33. The zero-order valence-electron chi connectivity index (χ0n) is 6.49. The Morgan fingerprint density at radius 3 is 3.09 bits per heavy atom. The third kappa shape index (κ3) is 0.808. The Labute approximate surface area is 64.8 Å². The Morgan fingerprint density at radius 2 is 2.36 bits per heavy atom. The van der Waals surface area contributed by atoms with Crippen LogP contribution >= 0.6 is 0 Å². The summed E-state index contributed by atoms with van der Waals surface area (Å²) < 4.78 is 1.89. The summed E-state index contributed by atoms with van der Waals surface area (Å²) in [5.41, 5.74) is 6.38. The van der Waals surface area contributed by atoms with Gasteiger partial charge >= 0.3 is 0 Å². The van der Waals surface area contributed by atoms with Gasteiger partial charge in [0.15, 0.2) is 5.82 Å². The van der Waals surface area contributed by atoms with E-state index >= 15 is 0 Å². The van der Waals surface area contributed by atoms with Gasteiger partial charge in [-0.3, -0.25) is 0 Å². The van der Waals surface area contributed by atoms with E-state index in [9.17, 15) is 0 Å². The lowest BCUT2D eigenvalue weighted by Gasteiger charge is -2.08. The van der Waals surface area contributed by atoms with Crippen LogP contribution in [-0.2, 0) is 13.1 Å². The highest BCUT2D eigenvalue weighted by molar-refractivity contribution is 5.45. The van der Waals surface area contributed by atoms with E-state index < -0.39 is 0 Å². The van der Waals surface area contributed by atoms with Crippen molar-refractivity contribution in [2.45, 2.75) is 13.1 Å². The Bertz CT molecular complexity index is 266. The molecule has 2 rings (SSSR count). The molecular formula is C6H11N5. The summed E-state index contributed by atoms with van der Waals surface area (Å²) in [7, 11) is 2.03. The second-order valence-electron chi connectivity index (χ2n) is 2.71. The van der Waals surface area contributed by atoms with Crippen molar-refractivity contribution in [3.05, 3.63) is 5.69 Å². The van der Waals surface area contributed by atoms with Gasteiger partial charge in [0.2, 0.25) is 0 Å². The summed E-state index contributed by atoms with van der Waals surface area (Å²) >= 11 is 0. The van der Waals surface area contributed by atoms with Crippen LogP contribution in [0.4, 0.5) is 5.82 Å². The van der Waals surface area contributed by atoms with Crippen LogP contribution in [0.25, 0.3) is 0 Å². The molecule has 5 nitrogen and oxygen atoms in total. The van der Waals surface area contributed by atoms with Crippen molar-refractivity contribution in [3.63, 3.8) is 0 Å². The molecule has 2 N–H and O–H groups in total. The molecule has 0 atom stereocenters. The van der Waals surface area contributed by atoms with Crippen LogP contribution in [0.1, 0.15) is 5.69 Å². The highest BCUT2D eigenvalue weighted by atomic mass is 15.5. The first-order valence-electron chi connectivity index (χ1n) is 3.66. The van der Waals surface area contributed by atoms with Gasteiger partial charge in [0.1, 0.15) is 5.69 Å². The first kappa shape index (κ1) is 6.60. The van der Waals surface area contributed by atoms with Gasteiger partial charge in [-0.2, -0.15) is 0 Å². The normalized spacial score (nSPS) is 15.6. The zero-order valence-corrected chi connectivity index (χ0v) is 6.49. The summed E-state index contributed by atoms with van der Waals surface area (Å²) in [6.07, 6.45) is 0. The SMILES string of the molecule is CN1CCn2nnc(CN)c21. The quantitative estimate of drug-likeness (QED) is 0.573. The molecule has 0 saturated carbocycles. The number of hydrogen-bond acceptors (Lipinski definition) is 4. The Balaban J connectivity index is 2.46. The van der Waals surface area contributed by atoms with Crippen LogP contribution in [0.5, 0.6) is 0 Å². The number of rotatable bonds is 1. The van der Waals surface area contributed by atoms with Crippen LogP contribution in [0.15, 0.2) is 0 Å². The van der Waals surface area contributed by atoms with Crippen LogP contribution in [-0.4, -0.2) is 28.6 Å². The van der Waals surface area contributed by atoms with Crippen molar-refractivity contribution in [2.75, 3.05) is 18.5 Å². The van der Waals surface area contributed by atoms with Gasteiger partial charge in [-0.15, -0.1) is 5.10 Å². The molecule has 0 radical (unpaired) electrons. The molecule has 0 bridgehead atoms. The van der Waals surface area contributed by atoms with Crippen molar-refractivity contribution in [1.29, 1.82) is 0 Å². The zero-order chi connectivity index (χ0) is 7.84. The van der Waals surface area contributed by atoms with Gasteiger partial charge in [0.05, 0.1) is 6.54 Å². The molecule has 0 aliphatic carbocycles. The molecule has 0 unspecified atom stereocenters. The van der Waals surface area contributed by atoms with Gasteiger partial charge in [-0.05, 0) is 0 Å². The van der Waals surface area contributed by atoms with Crippen molar-refractivity contribution < 1.29 is 0 Å². The lowest BCUT2D eigenvalue weighted by Crippen LogP contribution is -2.15. The summed E-state index contributed by atoms with van der Waals surface area (Å²) in [5.74, 6) is 1.08. The lowest BCUT2D eigenvalue weighted by molar-refractivity contribution is 0.648. The molecule has 11 heavy (non-hydrogen) atoms. The van der Waals surface area contributed by atoms with E-state index in [4.69, 9.17) is 5.73 Å². The minimum Gasteiger partial charge on any atom is -0.356 e. The van der Waals surface area contributed by atoms with E-state index in [1.54, 1.807) is 0 Å². The molecule has 1 aromatic heterocycles. The Hall–Kier alpha value is -1.10. The smallest absolute Gasteiger partial charge is 0.151 e. The summed E-state index contributed by atoms with van der Waals surface area (Å²) in [4.78, 5) is 2.13. The van der Waals surface area contributed by atoms with Crippen molar-refractivity contribution in [2.24, 2.45) is 5.73 Å². The fourth-order valence-corrected chi connectivity index (χ4v) is 1.39. The maximum Gasteiger partial charge on any atom is 0.151 e. The number of likely N-dealkylation sites (N-methyl/N-ethyl adjacent to an activating group) is 1. The van der Waals surface area contributed by atoms with Crippen molar-refractivity contribution in [1.82, 2.24) is 15.0 Å². The van der Waals surface area contributed by atoms with Crippen molar-refractivity contribution in [3.8, 4) is 0 Å². The minimum atomic E-state index is 0.472. The Kier molecular flexibility index (Phi) is 1.32. The molecule has 0 saturated heterocycles. The van der Waals surface area contributed by atoms with Gasteiger partial charge in [-0.25, -0.2) is 4.68 Å². The maximum atomic E-state index is 5.49. The van der Waals surface area contributed by atoms with E-state index in [2.05, 4.69) is 15.2 Å². The summed E-state index contributed by atoms with van der Waals surface area (Å²) in [5, 5.41) is 7.92. The number of aromatic nitrogens is 3. The van der Waals surface area contributed by atoms with Crippen LogP contribution < -0.4 is 10.6 Å². The fourth-order valence-electron chi connectivity index (χ4n) is 1.39. The minimum absolute atomic E-state index is 0.472. The highest BCUT2D eigenvalue weighted by Crippen LogP contribution is 2.20. The van der Waals surface area contributed by atoms with E-state index in [1.165, 1.54) is 0 Å². The predicted octanol–water partition coefficient (Wildman–Crippen LogP) is -0.813. The molecular weight excluding hydrogens is 142 g/mol. The van der Waals surface area contributed by atoms with E-state index in [-0.39, 0.29) is 0 Å². The molecule has 5 heteroatoms. The lowest BCUT2D eigenvalue weighted by atomic mass is 10.4. The standard InChI is InChI=1S/C6H11N5/c1-10-2-3-11-6(10)5(4-7)8-9-11/h2-4,7H2,1H3. The number of anilines is 1. The third-order valence-corrected chi connectivity index (χ3v) is 1.98. The monoisotopic (exact) mass is 153 g/mol. The Morgan fingerprint density at radius 1 is 1.55 bits per heavy atom. The molecule has 1 aromatic rings. The molecule has 0 amide bonds. The first-order valence-corrected chi connectivity index (χ1v) is 3.66. The van der Waals surface area contributed by atoms with E-state index in [1.807, 2.05) is 11.7 Å². The fraction of sp³-hybridized carbons (Fsp3) is 0.667. The largest absolute Gasteiger partial charge is 0.356 e. The van der Waals surface area contributed by atoms with E-state index in [0.29, 0.717) is 6.54 Å². The highest BCUT2D eigenvalue weighted by Gasteiger charge is 2.20. The van der Waals surface area contributed by atoms with Gasteiger partial charge < -0.3 is 10.6 Å². The molecule has 0 aromatic carbocycles. The predicted molar refractivity (Wildman–Crippen MR) is 41.2 cm³/mol. The summed E-state index contributed by atoms with van der Waals surface area (Å²) in [6, 6.07) is 0.